The summed E-state index contributed by atoms with van der Waals surface area (Å²) in [6, 6.07) is 17.8. The lowest BCUT2D eigenvalue weighted by atomic mass is 10.1. The van der Waals surface area contributed by atoms with E-state index in [-0.39, 0.29) is 12.1 Å². The molecule has 0 aliphatic rings. The number of ether oxygens (including phenoxy) is 2. The normalized spacial score (nSPS) is 10.4. The summed E-state index contributed by atoms with van der Waals surface area (Å²) < 4.78 is 37.8. The monoisotopic (exact) mass is 383 g/mol. The van der Waals surface area contributed by atoms with E-state index in [4.69, 9.17) is 9.47 Å². The fraction of sp³-hybridized carbons (Fsp3) is 0.136. The second kappa shape index (κ2) is 8.99. The molecule has 0 fully saturated rings. The highest BCUT2D eigenvalue weighted by Crippen LogP contribution is 2.29. The average molecular weight is 383 g/mol. The number of halogens is 2. The van der Waals surface area contributed by atoms with Gasteiger partial charge in [-0.15, -0.1) is 0 Å². The van der Waals surface area contributed by atoms with E-state index in [0.717, 1.165) is 23.3 Å². The van der Waals surface area contributed by atoms with Crippen molar-refractivity contribution in [1.82, 2.24) is 5.32 Å². The second-order valence-corrected chi connectivity index (χ2v) is 6.07. The lowest BCUT2D eigenvalue weighted by Crippen LogP contribution is -2.23. The molecule has 6 heteroatoms. The molecule has 1 amide bonds. The van der Waals surface area contributed by atoms with Crippen LogP contribution in [0, 0.1) is 11.6 Å². The Hall–Kier alpha value is -3.41. The first-order valence-electron chi connectivity index (χ1n) is 8.63. The van der Waals surface area contributed by atoms with Crippen LogP contribution in [-0.2, 0) is 13.2 Å². The van der Waals surface area contributed by atoms with Crippen molar-refractivity contribution < 1.29 is 23.0 Å². The van der Waals surface area contributed by atoms with Gasteiger partial charge in [0.05, 0.1) is 12.7 Å². The maximum Gasteiger partial charge on any atom is 0.254 e. The van der Waals surface area contributed by atoms with Crippen LogP contribution in [0.2, 0.25) is 0 Å². The van der Waals surface area contributed by atoms with Crippen LogP contribution in [0.25, 0.3) is 0 Å². The number of nitrogens with one attached hydrogen (secondary N) is 1. The molecule has 0 bridgehead atoms. The van der Waals surface area contributed by atoms with Crippen LogP contribution in [0.5, 0.6) is 11.5 Å². The van der Waals surface area contributed by atoms with E-state index < -0.39 is 17.5 Å². The summed E-state index contributed by atoms with van der Waals surface area (Å²) in [5.41, 5.74) is 1.57. The highest BCUT2D eigenvalue weighted by Gasteiger charge is 2.13. The Bertz CT molecular complexity index is 961. The van der Waals surface area contributed by atoms with Gasteiger partial charge in [-0.1, -0.05) is 36.4 Å². The topological polar surface area (TPSA) is 47.6 Å². The van der Waals surface area contributed by atoms with Crippen LogP contribution >= 0.6 is 0 Å². The largest absolute Gasteiger partial charge is 0.493 e. The van der Waals surface area contributed by atoms with Crippen molar-refractivity contribution in [3.63, 3.8) is 0 Å². The summed E-state index contributed by atoms with van der Waals surface area (Å²) in [5, 5.41) is 2.61. The molecule has 0 aromatic heterocycles. The van der Waals surface area contributed by atoms with Gasteiger partial charge in [0.1, 0.15) is 18.2 Å². The van der Waals surface area contributed by atoms with Crippen LogP contribution in [0.3, 0.4) is 0 Å². The molecule has 0 radical (unpaired) electrons. The van der Waals surface area contributed by atoms with E-state index in [9.17, 15) is 13.6 Å². The minimum Gasteiger partial charge on any atom is -0.493 e. The smallest absolute Gasteiger partial charge is 0.254 e. The highest BCUT2D eigenvalue weighted by atomic mass is 19.1. The van der Waals surface area contributed by atoms with Crippen LogP contribution in [0.15, 0.2) is 66.7 Å². The summed E-state index contributed by atoms with van der Waals surface area (Å²) in [7, 11) is 1.53. The fourth-order valence-electron chi connectivity index (χ4n) is 2.63. The van der Waals surface area contributed by atoms with Gasteiger partial charge in [0.15, 0.2) is 11.5 Å². The molecule has 0 saturated carbocycles. The molecule has 28 heavy (non-hydrogen) atoms. The van der Waals surface area contributed by atoms with Crippen molar-refractivity contribution in [1.29, 1.82) is 0 Å². The number of carbonyl (C=O) groups excluding carboxylic acids is 1. The Kier molecular flexibility index (Phi) is 6.22. The minimum absolute atomic E-state index is 0.158. The van der Waals surface area contributed by atoms with Gasteiger partial charge in [-0.2, -0.15) is 0 Å². The summed E-state index contributed by atoms with van der Waals surface area (Å²) >= 11 is 0. The Labute approximate surface area is 161 Å². The molecule has 3 aromatic rings. The van der Waals surface area contributed by atoms with Gasteiger partial charge in [0.25, 0.3) is 5.91 Å². The molecular formula is C22H19F2NO3. The van der Waals surface area contributed by atoms with E-state index in [1.165, 1.54) is 7.11 Å². The van der Waals surface area contributed by atoms with Crippen LogP contribution in [0.1, 0.15) is 21.5 Å². The van der Waals surface area contributed by atoms with Crippen molar-refractivity contribution in [2.24, 2.45) is 0 Å². The quantitative estimate of drug-likeness (QED) is 0.654. The van der Waals surface area contributed by atoms with Gasteiger partial charge in [-0.05, 0) is 35.4 Å². The maximum atomic E-state index is 13.7. The van der Waals surface area contributed by atoms with Crippen LogP contribution in [0.4, 0.5) is 8.78 Å². The molecule has 4 nitrogen and oxygen atoms in total. The summed E-state index contributed by atoms with van der Waals surface area (Å²) in [4.78, 5) is 12.1. The summed E-state index contributed by atoms with van der Waals surface area (Å²) in [6.07, 6.45) is 0. The molecule has 0 saturated heterocycles. The lowest BCUT2D eigenvalue weighted by molar-refractivity contribution is 0.0946. The van der Waals surface area contributed by atoms with Gasteiger partial charge in [-0.25, -0.2) is 8.78 Å². The Morgan fingerprint density at radius 3 is 2.43 bits per heavy atom. The number of hydrogen-bond acceptors (Lipinski definition) is 3. The van der Waals surface area contributed by atoms with Gasteiger partial charge >= 0.3 is 0 Å². The van der Waals surface area contributed by atoms with Gasteiger partial charge in [0, 0.05) is 12.6 Å². The zero-order valence-electron chi connectivity index (χ0n) is 15.2. The van der Waals surface area contributed by atoms with E-state index in [2.05, 4.69) is 5.32 Å². The Balaban J connectivity index is 1.64. The number of amides is 1. The van der Waals surface area contributed by atoms with E-state index in [0.29, 0.717) is 24.2 Å². The standard InChI is InChI=1S/C22H19F2NO3/c1-27-21-11-16(7-10-20(21)28-14-15-5-3-2-4-6-15)13-25-22(26)18-9-8-17(23)12-19(18)24/h2-12H,13-14H2,1H3,(H,25,26). The van der Waals surface area contributed by atoms with Gasteiger partial charge in [-0.3, -0.25) is 4.79 Å². The lowest BCUT2D eigenvalue weighted by Gasteiger charge is -2.13. The average Bonchev–Trinajstić information content (AvgIpc) is 2.71. The molecule has 0 unspecified atom stereocenters. The molecule has 0 atom stereocenters. The first-order valence-corrected chi connectivity index (χ1v) is 8.63. The number of rotatable bonds is 7. The van der Waals surface area contributed by atoms with Crippen LogP contribution in [-0.4, -0.2) is 13.0 Å². The first-order chi connectivity index (χ1) is 13.6. The molecule has 144 valence electrons. The Morgan fingerprint density at radius 1 is 0.929 bits per heavy atom. The maximum absolute atomic E-state index is 13.7. The molecule has 1 N–H and O–H groups in total. The third-order valence-electron chi connectivity index (χ3n) is 4.09. The first kappa shape index (κ1) is 19.4. The second-order valence-electron chi connectivity index (χ2n) is 6.07. The highest BCUT2D eigenvalue weighted by molar-refractivity contribution is 5.94. The Morgan fingerprint density at radius 2 is 1.71 bits per heavy atom. The van der Waals surface area contributed by atoms with E-state index >= 15 is 0 Å². The zero-order valence-corrected chi connectivity index (χ0v) is 15.2. The number of hydrogen-bond donors (Lipinski definition) is 1. The molecular weight excluding hydrogens is 364 g/mol. The van der Waals surface area contributed by atoms with Gasteiger partial charge < -0.3 is 14.8 Å². The molecule has 0 aliphatic carbocycles. The number of carbonyl (C=O) groups is 1. The predicted octanol–water partition coefficient (Wildman–Crippen LogP) is 4.48. The summed E-state index contributed by atoms with van der Waals surface area (Å²) in [5.74, 6) is -1.16. The van der Waals surface area contributed by atoms with E-state index in [1.807, 2.05) is 30.3 Å². The van der Waals surface area contributed by atoms with Crippen molar-refractivity contribution in [3.05, 3.63) is 95.1 Å². The number of benzene rings is 3. The molecule has 3 aromatic carbocycles. The third kappa shape index (κ3) is 4.85. The van der Waals surface area contributed by atoms with Gasteiger partial charge in [0.2, 0.25) is 0 Å². The molecule has 0 heterocycles. The van der Waals surface area contributed by atoms with Crippen molar-refractivity contribution in [3.8, 4) is 11.5 Å². The molecule has 3 rings (SSSR count). The summed E-state index contributed by atoms with van der Waals surface area (Å²) in [6.45, 7) is 0.558. The molecule has 0 spiro atoms. The predicted molar refractivity (Wildman–Crippen MR) is 101 cm³/mol. The zero-order chi connectivity index (χ0) is 19.9. The SMILES string of the molecule is COc1cc(CNC(=O)c2ccc(F)cc2F)ccc1OCc1ccccc1. The number of methoxy groups -OCH3 is 1. The van der Waals surface area contributed by atoms with Crippen molar-refractivity contribution >= 4 is 5.91 Å². The van der Waals surface area contributed by atoms with Crippen molar-refractivity contribution in [2.75, 3.05) is 7.11 Å². The molecule has 0 aliphatic heterocycles. The minimum atomic E-state index is -0.903. The third-order valence-corrected chi connectivity index (χ3v) is 4.09. The van der Waals surface area contributed by atoms with Crippen LogP contribution < -0.4 is 14.8 Å². The van der Waals surface area contributed by atoms with Crippen molar-refractivity contribution in [2.45, 2.75) is 13.2 Å². The fourth-order valence-corrected chi connectivity index (χ4v) is 2.63. The van der Waals surface area contributed by atoms with E-state index in [1.54, 1.807) is 18.2 Å².